The molecule has 2 bridgehead atoms. The summed E-state index contributed by atoms with van der Waals surface area (Å²) in [4.78, 5) is 31.1. The smallest absolute Gasteiger partial charge is 0.340 e. The molecule has 0 radical (unpaired) electrons. The van der Waals surface area contributed by atoms with E-state index in [1.165, 1.54) is 5.57 Å². The molecule has 3 heterocycles. The van der Waals surface area contributed by atoms with Gasteiger partial charge in [-0.1, -0.05) is 32.3 Å². The van der Waals surface area contributed by atoms with Gasteiger partial charge in [0, 0.05) is 23.3 Å². The Morgan fingerprint density at radius 2 is 1.92 bits per heavy atom. The largest absolute Gasteiger partial charge is 0.427 e. The quantitative estimate of drug-likeness (QED) is 0.517. The number of aromatic nitrogens is 1. The summed E-state index contributed by atoms with van der Waals surface area (Å²) >= 11 is 0. The average molecular weight is 487 g/mol. The molecule has 6 nitrogen and oxygen atoms in total. The van der Waals surface area contributed by atoms with E-state index in [0.717, 1.165) is 85.2 Å². The lowest BCUT2D eigenvalue weighted by molar-refractivity contribution is -0.135. The van der Waals surface area contributed by atoms with Crippen LogP contribution in [-0.2, 0) is 25.5 Å². The molecule has 1 spiro atoms. The van der Waals surface area contributed by atoms with Crippen molar-refractivity contribution >= 4 is 17.8 Å². The highest BCUT2D eigenvalue weighted by molar-refractivity contribution is 6.00. The van der Waals surface area contributed by atoms with Crippen molar-refractivity contribution in [1.29, 1.82) is 0 Å². The van der Waals surface area contributed by atoms with E-state index in [1.807, 2.05) is 12.1 Å². The van der Waals surface area contributed by atoms with Crippen molar-refractivity contribution in [3.8, 4) is 0 Å². The molecule has 0 aromatic carbocycles. The van der Waals surface area contributed by atoms with Crippen LogP contribution in [0.4, 0.5) is 5.82 Å². The van der Waals surface area contributed by atoms with Gasteiger partial charge < -0.3 is 15.2 Å². The van der Waals surface area contributed by atoms with Gasteiger partial charge in [-0.25, -0.2) is 14.6 Å². The first kappa shape index (κ1) is 23.3. The zero-order chi connectivity index (χ0) is 25.0. The Kier molecular flexibility index (Phi) is 5.66. The van der Waals surface area contributed by atoms with E-state index in [0.29, 0.717) is 12.2 Å². The summed E-state index contributed by atoms with van der Waals surface area (Å²) in [6, 6.07) is 3.87. The predicted molar refractivity (Wildman–Crippen MR) is 136 cm³/mol. The van der Waals surface area contributed by atoms with Crippen molar-refractivity contribution in [2.24, 2.45) is 23.2 Å². The minimum absolute atomic E-state index is 0.0733. The molecule has 1 aromatic heterocycles. The van der Waals surface area contributed by atoms with E-state index in [-0.39, 0.29) is 29.7 Å². The molecule has 6 heteroatoms. The summed E-state index contributed by atoms with van der Waals surface area (Å²) in [5.41, 5.74) is 10.3. The highest BCUT2D eigenvalue weighted by Crippen LogP contribution is 2.70. The molecular formula is C30H34N2O4. The van der Waals surface area contributed by atoms with Gasteiger partial charge in [0.2, 0.25) is 0 Å². The lowest BCUT2D eigenvalue weighted by Gasteiger charge is -2.56. The molecule has 7 rings (SSSR count). The third-order valence-corrected chi connectivity index (χ3v) is 8.95. The molecule has 2 N–H and O–H groups in total. The fourth-order valence-corrected chi connectivity index (χ4v) is 7.66. The Hall–Kier alpha value is -3.15. The van der Waals surface area contributed by atoms with Crippen molar-refractivity contribution in [3.63, 3.8) is 0 Å². The topological polar surface area (TPSA) is 91.5 Å². The number of anilines is 1. The molecule has 2 aliphatic heterocycles. The minimum atomic E-state index is -0.584. The minimum Gasteiger partial charge on any atom is -0.427 e. The third-order valence-electron chi connectivity index (χ3n) is 8.95. The highest BCUT2D eigenvalue weighted by Gasteiger charge is 2.68. The number of pyridine rings is 1. The fourth-order valence-electron chi connectivity index (χ4n) is 7.66. The highest BCUT2D eigenvalue weighted by atomic mass is 16.5. The van der Waals surface area contributed by atoms with Gasteiger partial charge >= 0.3 is 11.9 Å². The number of cyclic esters (lactones) is 2. The Balaban J connectivity index is 1.55. The molecule has 1 aromatic rings. The maximum absolute atomic E-state index is 13.6. The number of ether oxygens (including phenoxy) is 2. The van der Waals surface area contributed by atoms with E-state index in [2.05, 4.69) is 31.0 Å². The van der Waals surface area contributed by atoms with Crippen LogP contribution in [0.3, 0.4) is 0 Å². The van der Waals surface area contributed by atoms with Crippen LogP contribution in [0.2, 0.25) is 0 Å². The summed E-state index contributed by atoms with van der Waals surface area (Å²) in [5, 5.41) is 0. The number of unbranched alkanes of at least 4 members (excludes halogenated alkanes) is 2. The van der Waals surface area contributed by atoms with E-state index < -0.39 is 5.41 Å². The second-order valence-corrected chi connectivity index (χ2v) is 10.8. The zero-order valence-corrected chi connectivity index (χ0v) is 21.1. The number of nitrogen functional groups attached to an aromatic ring is 1. The lowest BCUT2D eigenvalue weighted by atomic mass is 9.44. The standard InChI is InChI=1S/C30H34N2O4/c1-3-5-7-22-20-10-9-19-18-11-13-30(26(19)25(20)28(33)35-22)23(8-6-4-2)36-29(34)27(30)21(18)15-17-12-14-32-24(31)16-17/h7-8,12,14,16,18-19,26H,3-6,9-11,13,15H2,1-2H3,(H2,31,32). The van der Waals surface area contributed by atoms with Crippen LogP contribution in [0.15, 0.2) is 64.3 Å². The van der Waals surface area contributed by atoms with Crippen molar-refractivity contribution in [2.45, 2.75) is 71.6 Å². The first-order valence-corrected chi connectivity index (χ1v) is 13.5. The number of rotatable bonds is 6. The molecule has 188 valence electrons. The second-order valence-electron chi connectivity index (χ2n) is 10.8. The Bertz CT molecular complexity index is 1270. The first-order valence-electron chi connectivity index (χ1n) is 13.5. The van der Waals surface area contributed by atoms with Crippen LogP contribution in [0.1, 0.15) is 70.8 Å². The van der Waals surface area contributed by atoms with Gasteiger partial charge in [-0.2, -0.15) is 0 Å². The van der Waals surface area contributed by atoms with Gasteiger partial charge in [0.1, 0.15) is 17.3 Å². The molecule has 0 amide bonds. The molecule has 1 saturated carbocycles. The van der Waals surface area contributed by atoms with E-state index in [9.17, 15) is 9.59 Å². The van der Waals surface area contributed by atoms with Gasteiger partial charge in [-0.15, -0.1) is 0 Å². The molecule has 36 heavy (non-hydrogen) atoms. The normalized spacial score (nSPS) is 32.7. The Morgan fingerprint density at radius 3 is 2.69 bits per heavy atom. The number of carbonyl (C=O) groups excluding carboxylic acids is 2. The van der Waals surface area contributed by atoms with Crippen molar-refractivity contribution < 1.29 is 19.1 Å². The number of fused-ring (bicyclic) bond motifs is 1. The fraction of sp³-hybridized carbons (Fsp3) is 0.500. The zero-order valence-electron chi connectivity index (χ0n) is 21.1. The molecule has 6 aliphatic rings. The van der Waals surface area contributed by atoms with Crippen molar-refractivity contribution in [1.82, 2.24) is 4.98 Å². The number of allylic oxidation sites excluding steroid dienone is 5. The van der Waals surface area contributed by atoms with Gasteiger partial charge in [0.25, 0.3) is 0 Å². The molecule has 4 atom stereocenters. The van der Waals surface area contributed by atoms with Gasteiger partial charge in [-0.3, -0.25) is 0 Å². The summed E-state index contributed by atoms with van der Waals surface area (Å²) in [6.45, 7) is 4.25. The average Bonchev–Trinajstić information content (AvgIpc) is 3.35. The van der Waals surface area contributed by atoms with Crippen LogP contribution in [0, 0.1) is 23.2 Å². The SMILES string of the molecule is CCCC=C1OC(=O)C2=C1CCC1C3CCC4(C(=CCCC)OC(=O)C4=C3Cc3ccnc(N)c3)C21. The molecule has 1 saturated heterocycles. The summed E-state index contributed by atoms with van der Waals surface area (Å²) in [5.74, 6) is 1.98. The van der Waals surface area contributed by atoms with Gasteiger partial charge in [0.05, 0.1) is 11.0 Å². The monoisotopic (exact) mass is 486 g/mol. The molecule has 4 unspecified atom stereocenters. The maximum Gasteiger partial charge on any atom is 0.340 e. The van der Waals surface area contributed by atoms with Crippen LogP contribution >= 0.6 is 0 Å². The maximum atomic E-state index is 13.6. The van der Waals surface area contributed by atoms with E-state index >= 15 is 0 Å². The summed E-state index contributed by atoms with van der Waals surface area (Å²) < 4.78 is 11.9. The number of carbonyl (C=O) groups is 2. The Morgan fingerprint density at radius 1 is 1.11 bits per heavy atom. The van der Waals surface area contributed by atoms with E-state index in [1.54, 1.807) is 6.20 Å². The van der Waals surface area contributed by atoms with Gasteiger partial charge in [-0.05, 0) is 86.6 Å². The Labute approximate surface area is 212 Å². The molecular weight excluding hydrogens is 452 g/mol. The van der Waals surface area contributed by atoms with Crippen LogP contribution in [0.25, 0.3) is 0 Å². The second kappa shape index (κ2) is 8.75. The van der Waals surface area contributed by atoms with Crippen LogP contribution < -0.4 is 5.73 Å². The number of hydrogen-bond donors (Lipinski definition) is 1. The van der Waals surface area contributed by atoms with Crippen LogP contribution in [0.5, 0.6) is 0 Å². The number of nitrogens with zero attached hydrogens (tertiary/aromatic N) is 1. The van der Waals surface area contributed by atoms with E-state index in [4.69, 9.17) is 15.2 Å². The van der Waals surface area contributed by atoms with Crippen molar-refractivity contribution in [3.05, 3.63) is 69.9 Å². The number of nitrogens with two attached hydrogens (primary N) is 1. The summed E-state index contributed by atoms with van der Waals surface area (Å²) in [6.07, 6.45) is 13.9. The first-order chi connectivity index (χ1) is 17.5. The van der Waals surface area contributed by atoms with Gasteiger partial charge in [0.15, 0.2) is 0 Å². The van der Waals surface area contributed by atoms with Crippen LogP contribution in [-0.4, -0.2) is 16.9 Å². The van der Waals surface area contributed by atoms with Crippen molar-refractivity contribution in [2.75, 3.05) is 5.73 Å². The number of esters is 2. The lowest BCUT2D eigenvalue weighted by Crippen LogP contribution is -2.52. The third kappa shape index (κ3) is 3.26. The predicted octanol–water partition coefficient (Wildman–Crippen LogP) is 5.72. The molecule has 4 aliphatic carbocycles. The number of hydrogen-bond acceptors (Lipinski definition) is 6. The summed E-state index contributed by atoms with van der Waals surface area (Å²) in [7, 11) is 0. The molecule has 2 fully saturated rings.